The van der Waals surface area contributed by atoms with E-state index in [0.29, 0.717) is 18.7 Å². The summed E-state index contributed by atoms with van der Waals surface area (Å²) >= 11 is 3.38. The van der Waals surface area contributed by atoms with E-state index in [1.807, 2.05) is 26.0 Å². The molecule has 114 valence electrons. The summed E-state index contributed by atoms with van der Waals surface area (Å²) in [5.74, 6) is -0.699. The molecule has 2 unspecified atom stereocenters. The zero-order valence-electron chi connectivity index (χ0n) is 12.0. The predicted molar refractivity (Wildman–Crippen MR) is 81.3 cm³/mol. The first-order chi connectivity index (χ1) is 9.90. The topological polar surface area (TPSA) is 66.8 Å². The number of aliphatic carboxylic acids is 1. The maximum Gasteiger partial charge on any atom is 0.326 e. The van der Waals surface area contributed by atoms with Gasteiger partial charge in [-0.05, 0) is 52.9 Å². The number of hydrogen-bond acceptors (Lipinski definition) is 3. The number of carboxylic acid groups (broad SMARTS) is 1. The second kappa shape index (κ2) is 6.47. The van der Waals surface area contributed by atoms with E-state index < -0.39 is 12.0 Å². The molecule has 1 saturated heterocycles. The molecule has 0 aromatic heterocycles. The number of likely N-dealkylation sites (tertiary alicyclic amines) is 1. The molecule has 1 aromatic rings. The molecule has 1 aromatic carbocycles. The third-order valence-corrected chi connectivity index (χ3v) is 4.33. The molecule has 0 bridgehead atoms. The molecule has 0 radical (unpaired) electrons. The molecule has 6 heteroatoms. The number of halogens is 1. The predicted octanol–water partition coefficient (Wildman–Crippen LogP) is 2.46. The summed E-state index contributed by atoms with van der Waals surface area (Å²) in [5, 5.41) is 9.22. The molecule has 21 heavy (non-hydrogen) atoms. The number of nitrogens with zero attached hydrogens (tertiary/aromatic N) is 1. The molecule has 5 nitrogen and oxygen atoms in total. The van der Waals surface area contributed by atoms with E-state index in [9.17, 15) is 14.7 Å². The lowest BCUT2D eigenvalue weighted by Gasteiger charge is -2.23. The Morgan fingerprint density at radius 2 is 2.19 bits per heavy atom. The third-order valence-electron chi connectivity index (χ3n) is 3.71. The molecule has 1 aliphatic heterocycles. The van der Waals surface area contributed by atoms with Crippen LogP contribution < -0.4 is 4.74 Å². The largest absolute Gasteiger partial charge is 0.483 e. The van der Waals surface area contributed by atoms with Crippen LogP contribution in [-0.4, -0.2) is 41.1 Å². The van der Waals surface area contributed by atoms with Crippen molar-refractivity contribution in [2.24, 2.45) is 5.92 Å². The highest BCUT2D eigenvalue weighted by molar-refractivity contribution is 9.10. The van der Waals surface area contributed by atoms with Gasteiger partial charge < -0.3 is 14.7 Å². The van der Waals surface area contributed by atoms with Gasteiger partial charge in [0.1, 0.15) is 11.8 Å². The van der Waals surface area contributed by atoms with Crippen LogP contribution in [0.1, 0.15) is 18.9 Å². The average Bonchev–Trinajstić information content (AvgIpc) is 2.79. The summed E-state index contributed by atoms with van der Waals surface area (Å²) in [5.41, 5.74) is 1.08. The normalized spacial score (nSPS) is 21.4. The van der Waals surface area contributed by atoms with Crippen LogP contribution >= 0.6 is 15.9 Å². The van der Waals surface area contributed by atoms with Gasteiger partial charge in [0, 0.05) is 6.54 Å². The van der Waals surface area contributed by atoms with Gasteiger partial charge in [-0.1, -0.05) is 13.0 Å². The van der Waals surface area contributed by atoms with E-state index in [2.05, 4.69) is 15.9 Å². The Balaban J connectivity index is 2.00. The molecule has 1 fully saturated rings. The molecule has 0 aliphatic carbocycles. The molecule has 2 rings (SSSR count). The lowest BCUT2D eigenvalue weighted by molar-refractivity contribution is -0.150. The van der Waals surface area contributed by atoms with Gasteiger partial charge in [0.25, 0.3) is 5.91 Å². The van der Waals surface area contributed by atoms with Crippen molar-refractivity contribution < 1.29 is 19.4 Å². The highest BCUT2D eigenvalue weighted by Crippen LogP contribution is 2.27. The van der Waals surface area contributed by atoms with E-state index in [1.165, 1.54) is 4.90 Å². The fraction of sp³-hybridized carbons (Fsp3) is 0.467. The number of amides is 1. The van der Waals surface area contributed by atoms with Gasteiger partial charge in [-0.15, -0.1) is 0 Å². The summed E-state index contributed by atoms with van der Waals surface area (Å²) in [4.78, 5) is 24.8. The number of rotatable bonds is 4. The first-order valence-electron chi connectivity index (χ1n) is 6.81. The second-order valence-electron chi connectivity index (χ2n) is 5.36. The van der Waals surface area contributed by atoms with E-state index in [1.54, 1.807) is 6.07 Å². The van der Waals surface area contributed by atoms with Crippen molar-refractivity contribution in [2.45, 2.75) is 26.3 Å². The molecule has 1 amide bonds. The second-order valence-corrected chi connectivity index (χ2v) is 6.21. The van der Waals surface area contributed by atoms with Gasteiger partial charge in [0.05, 0.1) is 4.47 Å². The number of benzene rings is 1. The van der Waals surface area contributed by atoms with E-state index in [4.69, 9.17) is 4.74 Å². The zero-order valence-corrected chi connectivity index (χ0v) is 13.6. The van der Waals surface area contributed by atoms with Crippen LogP contribution in [0.4, 0.5) is 0 Å². The number of carboxylic acids is 1. The lowest BCUT2D eigenvalue weighted by Crippen LogP contribution is -2.44. The third kappa shape index (κ3) is 3.56. The first-order valence-corrected chi connectivity index (χ1v) is 7.60. The Morgan fingerprint density at radius 3 is 2.81 bits per heavy atom. The first kappa shape index (κ1) is 15.8. The van der Waals surface area contributed by atoms with E-state index in [0.717, 1.165) is 10.0 Å². The summed E-state index contributed by atoms with van der Waals surface area (Å²) in [7, 11) is 0. The minimum Gasteiger partial charge on any atom is -0.483 e. The fourth-order valence-electron chi connectivity index (χ4n) is 2.55. The standard InChI is InChI=1S/C15H18BrNO4/c1-9-3-4-12(11(16)7-9)21-8-13(18)17-6-5-10(2)14(17)15(19)20/h3-4,7,10,14H,5-6,8H2,1-2H3,(H,19,20). The minimum absolute atomic E-state index is 0.0300. The number of ether oxygens (including phenoxy) is 1. The van der Waals surface area contributed by atoms with E-state index >= 15 is 0 Å². The number of hydrogen-bond donors (Lipinski definition) is 1. The lowest BCUT2D eigenvalue weighted by atomic mass is 10.0. The van der Waals surface area contributed by atoms with Crippen molar-refractivity contribution in [1.29, 1.82) is 0 Å². The molecule has 1 heterocycles. The van der Waals surface area contributed by atoms with Crippen LogP contribution in [0.3, 0.4) is 0 Å². The summed E-state index contributed by atoms with van der Waals surface area (Å²) < 4.78 is 6.28. The number of carbonyl (C=O) groups excluding carboxylic acids is 1. The van der Waals surface area contributed by atoms with Crippen LogP contribution in [0, 0.1) is 12.8 Å². The van der Waals surface area contributed by atoms with Gasteiger partial charge in [-0.25, -0.2) is 4.79 Å². The van der Waals surface area contributed by atoms with Crippen molar-refractivity contribution >= 4 is 27.8 Å². The van der Waals surface area contributed by atoms with E-state index in [-0.39, 0.29) is 18.4 Å². The summed E-state index contributed by atoms with van der Waals surface area (Å²) in [6.07, 6.45) is 0.705. The quantitative estimate of drug-likeness (QED) is 0.900. The monoisotopic (exact) mass is 355 g/mol. The maximum atomic E-state index is 12.2. The minimum atomic E-state index is -0.954. The Kier molecular flexibility index (Phi) is 4.88. The van der Waals surface area contributed by atoms with Crippen molar-refractivity contribution in [1.82, 2.24) is 4.90 Å². The van der Waals surface area contributed by atoms with Gasteiger partial charge in [-0.2, -0.15) is 0 Å². The molecule has 1 N–H and O–H groups in total. The van der Waals surface area contributed by atoms with Crippen molar-refractivity contribution in [3.05, 3.63) is 28.2 Å². The van der Waals surface area contributed by atoms with Gasteiger partial charge in [-0.3, -0.25) is 4.79 Å². The molecular weight excluding hydrogens is 338 g/mol. The Morgan fingerprint density at radius 1 is 1.48 bits per heavy atom. The van der Waals surface area contributed by atoms with Gasteiger partial charge in [0.15, 0.2) is 6.61 Å². The van der Waals surface area contributed by atoms with Crippen molar-refractivity contribution in [3.63, 3.8) is 0 Å². The molecule has 2 atom stereocenters. The molecular formula is C15H18BrNO4. The summed E-state index contributed by atoms with van der Waals surface area (Å²) in [6.45, 7) is 4.12. The maximum absolute atomic E-state index is 12.2. The Bertz CT molecular complexity index is 561. The van der Waals surface area contributed by atoms with Crippen LogP contribution in [0.25, 0.3) is 0 Å². The Hall–Kier alpha value is -1.56. The highest BCUT2D eigenvalue weighted by Gasteiger charge is 2.39. The Labute approximate surface area is 132 Å². The van der Waals surface area contributed by atoms with Crippen molar-refractivity contribution in [2.75, 3.05) is 13.2 Å². The van der Waals surface area contributed by atoms with Crippen LogP contribution in [0.5, 0.6) is 5.75 Å². The SMILES string of the molecule is Cc1ccc(OCC(=O)N2CCC(C)C2C(=O)O)c(Br)c1. The summed E-state index contributed by atoms with van der Waals surface area (Å²) in [6, 6.07) is 4.83. The number of aryl methyl sites for hydroxylation is 1. The van der Waals surface area contributed by atoms with Crippen LogP contribution in [0.2, 0.25) is 0 Å². The molecule has 0 saturated carbocycles. The van der Waals surface area contributed by atoms with Crippen molar-refractivity contribution in [3.8, 4) is 5.75 Å². The molecule has 0 spiro atoms. The average molecular weight is 356 g/mol. The fourth-order valence-corrected chi connectivity index (χ4v) is 3.16. The van der Waals surface area contributed by atoms with Crippen LogP contribution in [-0.2, 0) is 9.59 Å². The van der Waals surface area contributed by atoms with Gasteiger partial charge in [0.2, 0.25) is 0 Å². The van der Waals surface area contributed by atoms with Gasteiger partial charge >= 0.3 is 5.97 Å². The highest BCUT2D eigenvalue weighted by atomic mass is 79.9. The van der Waals surface area contributed by atoms with Crippen LogP contribution in [0.15, 0.2) is 22.7 Å². The number of carbonyl (C=O) groups is 2. The zero-order chi connectivity index (χ0) is 15.6. The molecule has 1 aliphatic rings. The smallest absolute Gasteiger partial charge is 0.326 e.